The smallest absolute Gasteiger partial charge is 0.329 e. The number of hydrogen-bond acceptors (Lipinski definition) is 3. The maximum absolute atomic E-state index is 11.6. The fraction of sp³-hybridized carbons (Fsp3) is 0.667. The molecule has 0 aromatic carbocycles. The summed E-state index contributed by atoms with van der Waals surface area (Å²) in [7, 11) is 0. The quantitative estimate of drug-likeness (QED) is 0.559. The van der Waals surface area contributed by atoms with Gasteiger partial charge in [-0.25, -0.2) is 4.79 Å². The van der Waals surface area contributed by atoms with Crippen LogP contribution in [-0.2, 0) is 14.4 Å². The minimum absolute atomic E-state index is 0.157. The molecular formula is C9H12N2O4. The minimum atomic E-state index is -1.07. The van der Waals surface area contributed by atoms with Crippen LogP contribution in [0.3, 0.4) is 0 Å². The first kappa shape index (κ1) is 9.95. The van der Waals surface area contributed by atoms with Crippen LogP contribution in [0, 0.1) is 0 Å². The molecule has 6 nitrogen and oxygen atoms in total. The molecule has 3 N–H and O–H groups in total. The molecule has 0 unspecified atom stereocenters. The van der Waals surface area contributed by atoms with Crippen LogP contribution in [0.1, 0.15) is 25.7 Å². The Hall–Kier alpha value is -1.59. The number of hydrogen-bond donors (Lipinski definition) is 3. The van der Waals surface area contributed by atoms with Crippen molar-refractivity contribution in [2.75, 3.05) is 0 Å². The number of rotatable bonds is 3. The highest BCUT2D eigenvalue weighted by Crippen LogP contribution is 2.35. The molecule has 82 valence electrons. The monoisotopic (exact) mass is 212 g/mol. The molecule has 0 aromatic heterocycles. The summed E-state index contributed by atoms with van der Waals surface area (Å²) in [5.41, 5.74) is -1.07. The Morgan fingerprint density at radius 1 is 1.47 bits per heavy atom. The van der Waals surface area contributed by atoms with Crippen molar-refractivity contribution >= 4 is 17.8 Å². The van der Waals surface area contributed by atoms with Gasteiger partial charge in [-0.15, -0.1) is 0 Å². The third kappa shape index (κ3) is 1.79. The summed E-state index contributed by atoms with van der Waals surface area (Å²) in [4.78, 5) is 33.2. The Labute approximate surface area is 86.0 Å². The van der Waals surface area contributed by atoms with Crippen LogP contribution in [0.15, 0.2) is 0 Å². The van der Waals surface area contributed by atoms with Gasteiger partial charge in [0.25, 0.3) is 0 Å². The van der Waals surface area contributed by atoms with Crippen molar-refractivity contribution in [2.45, 2.75) is 37.3 Å². The second kappa shape index (κ2) is 3.22. The van der Waals surface area contributed by atoms with Crippen molar-refractivity contribution in [1.29, 1.82) is 0 Å². The molecule has 0 bridgehead atoms. The highest BCUT2D eigenvalue weighted by atomic mass is 16.4. The first-order chi connectivity index (χ1) is 7.03. The van der Waals surface area contributed by atoms with E-state index in [-0.39, 0.29) is 11.8 Å². The van der Waals surface area contributed by atoms with Crippen LogP contribution >= 0.6 is 0 Å². The van der Waals surface area contributed by atoms with Gasteiger partial charge in [-0.1, -0.05) is 0 Å². The van der Waals surface area contributed by atoms with E-state index >= 15 is 0 Å². The van der Waals surface area contributed by atoms with Crippen LogP contribution in [0.5, 0.6) is 0 Å². The van der Waals surface area contributed by atoms with E-state index in [4.69, 9.17) is 5.11 Å². The van der Waals surface area contributed by atoms with Crippen molar-refractivity contribution in [3.8, 4) is 0 Å². The second-order valence-corrected chi connectivity index (χ2v) is 4.04. The van der Waals surface area contributed by atoms with Crippen LogP contribution in [-0.4, -0.2) is 34.5 Å². The summed E-state index contributed by atoms with van der Waals surface area (Å²) in [6, 6.07) is -0.561. The lowest BCUT2D eigenvalue weighted by molar-refractivity contribution is -0.143. The van der Waals surface area contributed by atoms with E-state index in [0.29, 0.717) is 25.7 Å². The minimum Gasteiger partial charge on any atom is -0.480 e. The molecular weight excluding hydrogens is 200 g/mol. The van der Waals surface area contributed by atoms with Gasteiger partial charge < -0.3 is 15.7 Å². The van der Waals surface area contributed by atoms with Crippen molar-refractivity contribution in [1.82, 2.24) is 10.6 Å². The molecule has 15 heavy (non-hydrogen) atoms. The lowest BCUT2D eigenvalue weighted by Crippen LogP contribution is -2.50. The zero-order valence-corrected chi connectivity index (χ0v) is 8.08. The molecule has 1 atom stereocenters. The second-order valence-electron chi connectivity index (χ2n) is 4.04. The van der Waals surface area contributed by atoms with Gasteiger partial charge in [-0.2, -0.15) is 0 Å². The van der Waals surface area contributed by atoms with Gasteiger partial charge in [0.1, 0.15) is 11.6 Å². The molecule has 1 aliphatic carbocycles. The molecule has 1 saturated heterocycles. The maximum Gasteiger partial charge on any atom is 0.329 e. The van der Waals surface area contributed by atoms with Crippen molar-refractivity contribution in [3.05, 3.63) is 0 Å². The Balaban J connectivity index is 1.93. The molecule has 1 heterocycles. The van der Waals surface area contributed by atoms with Gasteiger partial charge in [0, 0.05) is 6.42 Å². The number of nitrogens with one attached hydrogen (secondary N) is 2. The Morgan fingerprint density at radius 3 is 2.53 bits per heavy atom. The van der Waals surface area contributed by atoms with E-state index in [1.807, 2.05) is 0 Å². The fourth-order valence-electron chi connectivity index (χ4n) is 1.65. The molecule has 0 spiro atoms. The van der Waals surface area contributed by atoms with Gasteiger partial charge >= 0.3 is 5.97 Å². The third-order valence-electron chi connectivity index (χ3n) is 2.83. The van der Waals surface area contributed by atoms with Gasteiger partial charge in [0.2, 0.25) is 11.8 Å². The predicted octanol–water partition coefficient (Wildman–Crippen LogP) is -1.00. The van der Waals surface area contributed by atoms with Gasteiger partial charge in [-0.05, 0) is 19.3 Å². The zero-order valence-electron chi connectivity index (χ0n) is 8.08. The number of carbonyl (C=O) groups excluding carboxylic acids is 2. The topological polar surface area (TPSA) is 95.5 Å². The Kier molecular flexibility index (Phi) is 2.13. The standard InChI is InChI=1S/C9H12N2O4/c12-6-2-1-5(10-6)7(13)11-9(3-4-9)8(14)15/h5H,1-4H2,(H,10,12)(H,11,13)(H,14,15)/t5-/m1/s1. The summed E-state index contributed by atoms with van der Waals surface area (Å²) in [5.74, 6) is -1.55. The van der Waals surface area contributed by atoms with Crippen LogP contribution < -0.4 is 10.6 Å². The summed E-state index contributed by atoms with van der Waals surface area (Å²) < 4.78 is 0. The van der Waals surface area contributed by atoms with Crippen LogP contribution in [0.2, 0.25) is 0 Å². The summed E-state index contributed by atoms with van der Waals surface area (Å²) in [5, 5.41) is 13.8. The van der Waals surface area contributed by atoms with Gasteiger partial charge in [0.05, 0.1) is 0 Å². The number of aliphatic carboxylic acids is 1. The van der Waals surface area contributed by atoms with Gasteiger partial charge in [-0.3, -0.25) is 9.59 Å². The van der Waals surface area contributed by atoms with E-state index < -0.39 is 17.6 Å². The normalized spacial score (nSPS) is 26.9. The average molecular weight is 212 g/mol. The molecule has 2 aliphatic rings. The summed E-state index contributed by atoms with van der Waals surface area (Å²) in [6.07, 6.45) is 1.71. The zero-order chi connectivity index (χ0) is 11.1. The van der Waals surface area contributed by atoms with E-state index in [1.165, 1.54) is 0 Å². The first-order valence-corrected chi connectivity index (χ1v) is 4.88. The van der Waals surface area contributed by atoms with E-state index in [2.05, 4.69) is 10.6 Å². The highest BCUT2D eigenvalue weighted by molar-refractivity contribution is 5.95. The Morgan fingerprint density at radius 2 is 2.13 bits per heavy atom. The molecule has 0 radical (unpaired) electrons. The summed E-state index contributed by atoms with van der Waals surface area (Å²) in [6.45, 7) is 0. The fourth-order valence-corrected chi connectivity index (χ4v) is 1.65. The number of amides is 2. The molecule has 1 saturated carbocycles. The van der Waals surface area contributed by atoms with Crippen molar-refractivity contribution in [2.24, 2.45) is 0 Å². The average Bonchev–Trinajstić information content (AvgIpc) is 2.82. The van der Waals surface area contributed by atoms with Crippen molar-refractivity contribution in [3.63, 3.8) is 0 Å². The molecule has 6 heteroatoms. The SMILES string of the molecule is O=C1CC[C@H](C(=O)NC2(C(=O)O)CC2)N1. The molecule has 2 amide bonds. The maximum atomic E-state index is 11.6. The van der Waals surface area contributed by atoms with Crippen LogP contribution in [0.4, 0.5) is 0 Å². The first-order valence-electron chi connectivity index (χ1n) is 4.88. The lowest BCUT2D eigenvalue weighted by atomic mass is 10.2. The highest BCUT2D eigenvalue weighted by Gasteiger charge is 2.52. The molecule has 0 aromatic rings. The Bertz CT molecular complexity index is 335. The molecule has 1 aliphatic heterocycles. The third-order valence-corrected chi connectivity index (χ3v) is 2.83. The van der Waals surface area contributed by atoms with Crippen molar-refractivity contribution < 1.29 is 19.5 Å². The molecule has 2 fully saturated rings. The number of carboxylic acids is 1. The van der Waals surface area contributed by atoms with E-state index in [9.17, 15) is 14.4 Å². The van der Waals surface area contributed by atoms with Crippen LogP contribution in [0.25, 0.3) is 0 Å². The lowest BCUT2D eigenvalue weighted by Gasteiger charge is -2.15. The summed E-state index contributed by atoms with van der Waals surface area (Å²) >= 11 is 0. The largest absolute Gasteiger partial charge is 0.480 e. The van der Waals surface area contributed by atoms with E-state index in [1.54, 1.807) is 0 Å². The van der Waals surface area contributed by atoms with E-state index in [0.717, 1.165) is 0 Å². The number of carbonyl (C=O) groups is 3. The number of carboxylic acid groups (broad SMARTS) is 1. The van der Waals surface area contributed by atoms with Gasteiger partial charge in [0.15, 0.2) is 0 Å². The molecule has 2 rings (SSSR count). The predicted molar refractivity (Wildman–Crippen MR) is 48.9 cm³/mol.